The minimum Gasteiger partial charge on any atom is -0.224 e. The van der Waals surface area contributed by atoms with Crippen molar-refractivity contribution in [2.24, 2.45) is 5.92 Å². The number of halogens is 2. The van der Waals surface area contributed by atoms with Crippen LogP contribution in [-0.2, 0) is 0 Å². The number of aromatic nitrogens is 1. The molecular weight excluding hydrogens is 376 g/mol. The van der Waals surface area contributed by atoms with Gasteiger partial charge in [-0.1, -0.05) is 75.8 Å². The van der Waals surface area contributed by atoms with Crippen LogP contribution in [0.15, 0.2) is 36.5 Å². The minimum atomic E-state index is -1.09. The number of hydrogen-bond donors (Lipinski definition) is 0. The van der Waals surface area contributed by atoms with Crippen LogP contribution >= 0.6 is 0 Å². The number of hydrogen-bond acceptors (Lipinski definition) is 1. The fourth-order valence-corrected chi connectivity index (χ4v) is 4.47. The molecule has 0 unspecified atom stereocenters. The third-order valence-electron chi connectivity index (χ3n) is 6.34. The lowest BCUT2D eigenvalue weighted by Gasteiger charge is -2.29. The Morgan fingerprint density at radius 3 is 2.23 bits per heavy atom. The second kappa shape index (κ2) is 11.8. The van der Waals surface area contributed by atoms with Gasteiger partial charge in [-0.05, 0) is 61.3 Å². The SMILES string of the molecule is CCCCCCCCC1CCC(c2ccc(C#Cc3cnc(F)c(F)c3)cc2)CC1. The summed E-state index contributed by atoms with van der Waals surface area (Å²) in [4.78, 5) is 3.36. The van der Waals surface area contributed by atoms with Crippen LogP contribution in [0.25, 0.3) is 0 Å². The molecule has 0 atom stereocenters. The first-order valence-electron chi connectivity index (χ1n) is 11.6. The van der Waals surface area contributed by atoms with Gasteiger partial charge in [0.1, 0.15) is 0 Å². The molecule has 0 N–H and O–H groups in total. The van der Waals surface area contributed by atoms with Crippen molar-refractivity contribution in [2.75, 3.05) is 0 Å². The van der Waals surface area contributed by atoms with E-state index in [0.717, 1.165) is 17.5 Å². The second-order valence-electron chi connectivity index (χ2n) is 8.64. The van der Waals surface area contributed by atoms with Crippen molar-refractivity contribution in [3.8, 4) is 11.8 Å². The summed E-state index contributed by atoms with van der Waals surface area (Å²) >= 11 is 0. The Morgan fingerprint density at radius 2 is 1.53 bits per heavy atom. The van der Waals surface area contributed by atoms with Gasteiger partial charge in [0.15, 0.2) is 5.82 Å². The van der Waals surface area contributed by atoms with Crippen LogP contribution in [0.4, 0.5) is 8.78 Å². The molecule has 1 nitrogen and oxygen atoms in total. The van der Waals surface area contributed by atoms with Gasteiger partial charge in [-0.3, -0.25) is 0 Å². The summed E-state index contributed by atoms with van der Waals surface area (Å²) < 4.78 is 26.1. The van der Waals surface area contributed by atoms with Gasteiger partial charge < -0.3 is 0 Å². The van der Waals surface area contributed by atoms with E-state index in [9.17, 15) is 8.78 Å². The molecule has 1 heterocycles. The lowest BCUT2D eigenvalue weighted by atomic mass is 9.77. The molecule has 0 radical (unpaired) electrons. The maximum absolute atomic E-state index is 13.2. The monoisotopic (exact) mass is 409 g/mol. The van der Waals surface area contributed by atoms with Crippen LogP contribution in [0.1, 0.15) is 100 Å². The minimum absolute atomic E-state index is 0.377. The third kappa shape index (κ3) is 6.94. The molecule has 0 bridgehead atoms. The molecule has 3 rings (SSSR count). The first-order valence-corrected chi connectivity index (χ1v) is 11.6. The lowest BCUT2D eigenvalue weighted by Crippen LogP contribution is -2.13. The first-order chi connectivity index (χ1) is 14.7. The zero-order chi connectivity index (χ0) is 21.2. The molecule has 1 saturated carbocycles. The highest BCUT2D eigenvalue weighted by Gasteiger charge is 2.21. The third-order valence-corrected chi connectivity index (χ3v) is 6.34. The highest BCUT2D eigenvalue weighted by atomic mass is 19.2. The molecular formula is C27H33F2N. The molecule has 0 amide bonds. The molecule has 1 aromatic carbocycles. The van der Waals surface area contributed by atoms with Gasteiger partial charge in [-0.2, -0.15) is 4.39 Å². The molecule has 0 spiro atoms. The van der Waals surface area contributed by atoms with E-state index in [-0.39, 0.29) is 0 Å². The van der Waals surface area contributed by atoms with E-state index in [0.29, 0.717) is 11.5 Å². The van der Waals surface area contributed by atoms with Crippen molar-refractivity contribution in [3.63, 3.8) is 0 Å². The summed E-state index contributed by atoms with van der Waals surface area (Å²) in [5, 5.41) is 0. The van der Waals surface area contributed by atoms with Crippen LogP contribution < -0.4 is 0 Å². The van der Waals surface area contributed by atoms with Gasteiger partial charge >= 0.3 is 0 Å². The molecule has 0 saturated heterocycles. The quantitative estimate of drug-likeness (QED) is 0.246. The number of rotatable bonds is 8. The van der Waals surface area contributed by atoms with Gasteiger partial charge in [0, 0.05) is 17.3 Å². The summed E-state index contributed by atoms with van der Waals surface area (Å²) in [6, 6.07) is 9.47. The number of pyridine rings is 1. The maximum atomic E-state index is 13.2. The van der Waals surface area contributed by atoms with Gasteiger partial charge in [0.2, 0.25) is 5.95 Å². The van der Waals surface area contributed by atoms with E-state index in [4.69, 9.17) is 0 Å². The fourth-order valence-electron chi connectivity index (χ4n) is 4.47. The van der Waals surface area contributed by atoms with Crippen molar-refractivity contribution in [2.45, 2.75) is 83.5 Å². The molecule has 1 aliphatic carbocycles. The molecule has 1 fully saturated rings. The number of unbranched alkanes of at least 4 members (excludes halogenated alkanes) is 5. The van der Waals surface area contributed by atoms with E-state index < -0.39 is 11.8 Å². The highest BCUT2D eigenvalue weighted by Crippen LogP contribution is 2.37. The second-order valence-corrected chi connectivity index (χ2v) is 8.64. The molecule has 1 aliphatic rings. The van der Waals surface area contributed by atoms with Crippen LogP contribution in [0.2, 0.25) is 0 Å². The van der Waals surface area contributed by atoms with Gasteiger partial charge in [-0.25, -0.2) is 9.37 Å². The van der Waals surface area contributed by atoms with Crippen LogP contribution in [0.3, 0.4) is 0 Å². The van der Waals surface area contributed by atoms with Crippen molar-refractivity contribution in [3.05, 3.63) is 65.0 Å². The Balaban J connectivity index is 1.44. The Bertz CT molecular complexity index is 839. The summed E-state index contributed by atoms with van der Waals surface area (Å²) in [7, 11) is 0. The van der Waals surface area contributed by atoms with Crippen molar-refractivity contribution in [1.29, 1.82) is 0 Å². The lowest BCUT2D eigenvalue weighted by molar-refractivity contribution is 0.302. The van der Waals surface area contributed by atoms with Crippen LogP contribution in [0, 0.1) is 29.5 Å². The average Bonchev–Trinajstić information content (AvgIpc) is 2.78. The van der Waals surface area contributed by atoms with Crippen molar-refractivity contribution in [1.82, 2.24) is 4.98 Å². The number of benzene rings is 1. The molecule has 1 aromatic heterocycles. The molecule has 0 aliphatic heterocycles. The first kappa shape index (κ1) is 22.5. The predicted molar refractivity (Wildman–Crippen MR) is 119 cm³/mol. The number of nitrogens with zero attached hydrogens (tertiary/aromatic N) is 1. The predicted octanol–water partition coefficient (Wildman–Crippen LogP) is 7.78. The van der Waals surface area contributed by atoms with Crippen LogP contribution in [-0.4, -0.2) is 4.98 Å². The summed E-state index contributed by atoms with van der Waals surface area (Å²) in [6.07, 6.45) is 16.3. The van der Waals surface area contributed by atoms with Gasteiger partial charge in [0.25, 0.3) is 0 Å². The normalized spacial score (nSPS) is 18.6. The Labute approximate surface area is 180 Å². The van der Waals surface area contributed by atoms with E-state index in [2.05, 4.69) is 35.9 Å². The maximum Gasteiger partial charge on any atom is 0.248 e. The van der Waals surface area contributed by atoms with E-state index in [1.807, 2.05) is 12.1 Å². The average molecular weight is 410 g/mol. The zero-order valence-corrected chi connectivity index (χ0v) is 18.1. The summed E-state index contributed by atoms with van der Waals surface area (Å²) in [5.74, 6) is 5.37. The molecule has 160 valence electrons. The zero-order valence-electron chi connectivity index (χ0n) is 18.1. The van der Waals surface area contributed by atoms with E-state index in [1.165, 1.54) is 82.4 Å². The van der Waals surface area contributed by atoms with E-state index in [1.54, 1.807) is 0 Å². The Kier molecular flexibility index (Phi) is 8.87. The topological polar surface area (TPSA) is 12.9 Å². The molecule has 30 heavy (non-hydrogen) atoms. The van der Waals surface area contributed by atoms with Crippen molar-refractivity contribution < 1.29 is 8.78 Å². The summed E-state index contributed by atoms with van der Waals surface area (Å²) in [6.45, 7) is 2.27. The Morgan fingerprint density at radius 1 is 0.867 bits per heavy atom. The van der Waals surface area contributed by atoms with Crippen molar-refractivity contribution >= 4 is 0 Å². The van der Waals surface area contributed by atoms with Gasteiger partial charge in [0.05, 0.1) is 0 Å². The smallest absolute Gasteiger partial charge is 0.224 e. The fraction of sp³-hybridized carbons (Fsp3) is 0.519. The standard InChI is InChI=1S/C27H33F2N/c1-2-3-4-5-6-7-8-21-11-15-24(16-12-21)25-17-13-22(14-18-25)9-10-23-19-26(28)27(29)30-20-23/h13-14,17-21,24H,2-8,11-12,15-16H2,1H3. The highest BCUT2D eigenvalue weighted by molar-refractivity contribution is 5.43. The molecule has 3 heteroatoms. The summed E-state index contributed by atoms with van der Waals surface area (Å²) in [5.41, 5.74) is 2.65. The van der Waals surface area contributed by atoms with Gasteiger partial charge in [-0.15, -0.1) is 0 Å². The Hall–Kier alpha value is -2.21. The largest absolute Gasteiger partial charge is 0.248 e. The molecule has 2 aromatic rings. The van der Waals surface area contributed by atoms with E-state index >= 15 is 0 Å². The van der Waals surface area contributed by atoms with Crippen LogP contribution in [0.5, 0.6) is 0 Å².